The second-order valence-electron chi connectivity index (χ2n) is 5.05. The van der Waals surface area contributed by atoms with Gasteiger partial charge in [-0.2, -0.15) is 0 Å². The van der Waals surface area contributed by atoms with Gasteiger partial charge in [0.05, 0.1) is 5.75 Å². The lowest BCUT2D eigenvalue weighted by Crippen LogP contribution is -2.47. The fraction of sp³-hybridized carbons (Fsp3) is 0.538. The Morgan fingerprint density at radius 1 is 1.21 bits per heavy atom. The minimum Gasteiger partial charge on any atom is -0.399 e. The van der Waals surface area contributed by atoms with Gasteiger partial charge in [0, 0.05) is 50.4 Å². The van der Waals surface area contributed by atoms with Crippen molar-refractivity contribution in [3.05, 3.63) is 24.3 Å². The fourth-order valence-electron chi connectivity index (χ4n) is 2.25. The second-order valence-corrected chi connectivity index (χ2v) is 7.31. The van der Waals surface area contributed by atoms with E-state index >= 15 is 0 Å². The zero-order valence-corrected chi connectivity index (χ0v) is 12.1. The van der Waals surface area contributed by atoms with Crippen molar-refractivity contribution < 1.29 is 8.42 Å². The van der Waals surface area contributed by atoms with Crippen molar-refractivity contribution in [2.24, 2.45) is 0 Å². The fourth-order valence-corrected chi connectivity index (χ4v) is 2.84. The number of anilines is 2. The first-order valence-electron chi connectivity index (χ1n) is 6.45. The topological polar surface area (TPSA) is 66.6 Å². The maximum absolute atomic E-state index is 11.1. The van der Waals surface area contributed by atoms with E-state index in [-0.39, 0.29) is 5.75 Å². The van der Waals surface area contributed by atoms with Gasteiger partial charge in [-0.15, -0.1) is 0 Å². The van der Waals surface area contributed by atoms with E-state index in [1.54, 1.807) is 0 Å². The van der Waals surface area contributed by atoms with Crippen molar-refractivity contribution >= 4 is 21.2 Å². The van der Waals surface area contributed by atoms with Crippen LogP contribution in [0.15, 0.2) is 24.3 Å². The first-order valence-corrected chi connectivity index (χ1v) is 8.51. The minimum absolute atomic E-state index is 0.241. The van der Waals surface area contributed by atoms with E-state index in [1.807, 2.05) is 18.2 Å². The first-order chi connectivity index (χ1) is 8.94. The number of hydrogen-bond acceptors (Lipinski definition) is 5. The number of nitrogen functional groups attached to an aromatic ring is 1. The molecule has 5 nitrogen and oxygen atoms in total. The molecule has 1 aliphatic rings. The molecular formula is C13H21N3O2S. The van der Waals surface area contributed by atoms with E-state index in [2.05, 4.69) is 15.9 Å². The van der Waals surface area contributed by atoms with Gasteiger partial charge in [-0.1, -0.05) is 6.07 Å². The van der Waals surface area contributed by atoms with Crippen LogP contribution in [0.3, 0.4) is 0 Å². The van der Waals surface area contributed by atoms with E-state index in [0.29, 0.717) is 6.54 Å². The highest BCUT2D eigenvalue weighted by Crippen LogP contribution is 2.18. The zero-order valence-electron chi connectivity index (χ0n) is 11.2. The minimum atomic E-state index is -2.87. The number of piperazine rings is 1. The van der Waals surface area contributed by atoms with Crippen LogP contribution in [-0.2, 0) is 9.84 Å². The summed E-state index contributed by atoms with van der Waals surface area (Å²) in [5.74, 6) is 0.241. The van der Waals surface area contributed by atoms with Crippen molar-refractivity contribution in [2.75, 3.05) is 55.4 Å². The summed E-state index contributed by atoms with van der Waals surface area (Å²) in [5.41, 5.74) is 7.70. The Kier molecular flexibility index (Phi) is 4.31. The van der Waals surface area contributed by atoms with E-state index in [9.17, 15) is 8.42 Å². The number of nitrogens with zero attached hydrogens (tertiary/aromatic N) is 2. The zero-order chi connectivity index (χ0) is 13.9. The highest BCUT2D eigenvalue weighted by Gasteiger charge is 2.18. The van der Waals surface area contributed by atoms with Crippen LogP contribution in [0, 0.1) is 0 Å². The van der Waals surface area contributed by atoms with Crippen molar-refractivity contribution in [3.8, 4) is 0 Å². The summed E-state index contributed by atoms with van der Waals surface area (Å²) >= 11 is 0. The summed E-state index contributed by atoms with van der Waals surface area (Å²) in [4.78, 5) is 4.48. The third-order valence-corrected chi connectivity index (χ3v) is 4.31. The third-order valence-electron chi connectivity index (χ3n) is 3.39. The first kappa shape index (κ1) is 14.1. The molecule has 0 amide bonds. The highest BCUT2D eigenvalue weighted by molar-refractivity contribution is 7.90. The molecule has 0 saturated carbocycles. The molecule has 1 aromatic rings. The second kappa shape index (κ2) is 5.79. The highest BCUT2D eigenvalue weighted by atomic mass is 32.2. The summed E-state index contributed by atoms with van der Waals surface area (Å²) in [5, 5.41) is 0. The van der Waals surface area contributed by atoms with E-state index in [4.69, 9.17) is 5.73 Å². The summed E-state index contributed by atoms with van der Waals surface area (Å²) in [7, 11) is -2.87. The van der Waals surface area contributed by atoms with Crippen LogP contribution in [0.5, 0.6) is 0 Å². The molecule has 1 heterocycles. The molecule has 2 N–H and O–H groups in total. The molecule has 1 aliphatic heterocycles. The number of nitrogens with two attached hydrogens (primary N) is 1. The molecule has 0 atom stereocenters. The van der Waals surface area contributed by atoms with Gasteiger partial charge in [-0.05, 0) is 18.2 Å². The van der Waals surface area contributed by atoms with Crippen LogP contribution < -0.4 is 10.6 Å². The Morgan fingerprint density at radius 2 is 1.89 bits per heavy atom. The summed E-state index contributed by atoms with van der Waals surface area (Å²) in [6, 6.07) is 7.88. The standard InChI is InChI=1S/C13H21N3O2S/c1-19(17,18)10-9-15-5-7-16(8-6-15)13-4-2-3-12(14)11-13/h2-4,11H,5-10,14H2,1H3. The lowest BCUT2D eigenvalue weighted by atomic mass is 10.2. The Labute approximate surface area is 114 Å². The molecule has 1 aromatic carbocycles. The Morgan fingerprint density at radius 3 is 2.47 bits per heavy atom. The van der Waals surface area contributed by atoms with Crippen LogP contribution >= 0.6 is 0 Å². The molecule has 6 heteroatoms. The SMILES string of the molecule is CS(=O)(=O)CCN1CCN(c2cccc(N)c2)CC1. The van der Waals surface area contributed by atoms with Gasteiger partial charge in [0.2, 0.25) is 0 Å². The van der Waals surface area contributed by atoms with Crippen LogP contribution in [0.1, 0.15) is 0 Å². The van der Waals surface area contributed by atoms with E-state index in [1.165, 1.54) is 6.26 Å². The Hall–Kier alpha value is -1.27. The van der Waals surface area contributed by atoms with Crippen molar-refractivity contribution in [1.82, 2.24) is 4.90 Å². The summed E-state index contributed by atoms with van der Waals surface area (Å²) in [6.45, 7) is 4.23. The molecule has 0 radical (unpaired) electrons. The van der Waals surface area contributed by atoms with Gasteiger partial charge in [0.1, 0.15) is 9.84 Å². The van der Waals surface area contributed by atoms with E-state index in [0.717, 1.165) is 37.6 Å². The van der Waals surface area contributed by atoms with Gasteiger partial charge >= 0.3 is 0 Å². The van der Waals surface area contributed by atoms with E-state index < -0.39 is 9.84 Å². The van der Waals surface area contributed by atoms with Crippen molar-refractivity contribution in [3.63, 3.8) is 0 Å². The Bertz CT molecular complexity index is 522. The molecule has 0 aliphatic carbocycles. The normalized spacial score (nSPS) is 17.6. The van der Waals surface area contributed by atoms with Crippen molar-refractivity contribution in [2.45, 2.75) is 0 Å². The average molecular weight is 283 g/mol. The lowest BCUT2D eigenvalue weighted by molar-refractivity contribution is 0.272. The summed E-state index contributed by atoms with van der Waals surface area (Å²) in [6.07, 6.45) is 1.29. The predicted octanol–water partition coefficient (Wildman–Crippen LogP) is 0.435. The predicted molar refractivity (Wildman–Crippen MR) is 79.2 cm³/mol. The molecule has 0 bridgehead atoms. The van der Waals surface area contributed by atoms with Crippen molar-refractivity contribution in [1.29, 1.82) is 0 Å². The molecule has 106 valence electrons. The van der Waals surface area contributed by atoms with Crippen LogP contribution in [0.25, 0.3) is 0 Å². The molecule has 0 unspecified atom stereocenters. The molecule has 1 saturated heterocycles. The lowest BCUT2D eigenvalue weighted by Gasteiger charge is -2.36. The monoisotopic (exact) mass is 283 g/mol. The number of rotatable bonds is 4. The number of hydrogen-bond donors (Lipinski definition) is 1. The smallest absolute Gasteiger partial charge is 0.148 e. The van der Waals surface area contributed by atoms with Gasteiger partial charge in [-0.25, -0.2) is 8.42 Å². The molecule has 1 fully saturated rings. The van der Waals surface area contributed by atoms with Gasteiger partial charge in [-0.3, -0.25) is 4.90 Å². The van der Waals surface area contributed by atoms with Gasteiger partial charge < -0.3 is 10.6 Å². The van der Waals surface area contributed by atoms with Crippen LogP contribution in [0.4, 0.5) is 11.4 Å². The number of sulfone groups is 1. The van der Waals surface area contributed by atoms with Crippen LogP contribution in [-0.4, -0.2) is 58.1 Å². The summed E-state index contributed by atoms with van der Waals surface area (Å²) < 4.78 is 22.3. The Balaban J connectivity index is 1.86. The molecule has 2 rings (SSSR count). The maximum Gasteiger partial charge on any atom is 0.148 e. The third kappa shape index (κ3) is 4.40. The molecule has 0 aromatic heterocycles. The van der Waals surface area contributed by atoms with Crippen LogP contribution in [0.2, 0.25) is 0 Å². The maximum atomic E-state index is 11.1. The molecule has 19 heavy (non-hydrogen) atoms. The van der Waals surface area contributed by atoms with Gasteiger partial charge in [0.25, 0.3) is 0 Å². The van der Waals surface area contributed by atoms with Gasteiger partial charge in [0.15, 0.2) is 0 Å². The molecule has 0 spiro atoms. The largest absolute Gasteiger partial charge is 0.399 e. The number of benzene rings is 1. The average Bonchev–Trinajstić information content (AvgIpc) is 2.36. The quantitative estimate of drug-likeness (QED) is 0.812. The molecular weight excluding hydrogens is 262 g/mol.